The standard InChI is InChI=1S/C9H14N2O2S/c1-6(2)14-5-7-3-4-13-8(7)9(12)11-10/h3-4,6H,5,10H2,1-2H3,(H,11,12). The van der Waals surface area contributed by atoms with Crippen molar-refractivity contribution in [2.45, 2.75) is 24.9 Å². The Balaban J connectivity index is 2.67. The van der Waals surface area contributed by atoms with Gasteiger partial charge in [0.2, 0.25) is 0 Å². The van der Waals surface area contributed by atoms with Crippen LogP contribution in [0, 0.1) is 0 Å². The molecule has 5 heteroatoms. The summed E-state index contributed by atoms with van der Waals surface area (Å²) >= 11 is 1.75. The zero-order valence-corrected chi connectivity index (χ0v) is 9.06. The van der Waals surface area contributed by atoms with E-state index < -0.39 is 0 Å². The molecule has 1 amide bonds. The number of hydrazine groups is 1. The van der Waals surface area contributed by atoms with Crippen molar-refractivity contribution < 1.29 is 9.21 Å². The van der Waals surface area contributed by atoms with E-state index in [2.05, 4.69) is 19.3 Å². The average Bonchev–Trinajstić information content (AvgIpc) is 2.61. The zero-order chi connectivity index (χ0) is 10.6. The lowest BCUT2D eigenvalue weighted by atomic mass is 10.3. The Morgan fingerprint density at radius 3 is 3.00 bits per heavy atom. The topological polar surface area (TPSA) is 68.3 Å². The molecule has 0 aliphatic heterocycles. The molecule has 1 aromatic rings. The Morgan fingerprint density at radius 1 is 1.71 bits per heavy atom. The van der Waals surface area contributed by atoms with Gasteiger partial charge in [-0.1, -0.05) is 13.8 Å². The Morgan fingerprint density at radius 2 is 2.43 bits per heavy atom. The molecule has 0 unspecified atom stereocenters. The summed E-state index contributed by atoms with van der Waals surface area (Å²) in [7, 11) is 0. The first kappa shape index (κ1) is 11.1. The maximum Gasteiger partial charge on any atom is 0.301 e. The third kappa shape index (κ3) is 2.78. The molecule has 3 N–H and O–H groups in total. The number of amides is 1. The van der Waals surface area contributed by atoms with Crippen molar-refractivity contribution in [3.63, 3.8) is 0 Å². The van der Waals surface area contributed by atoms with Crippen LogP contribution < -0.4 is 11.3 Å². The molecule has 1 rings (SSSR count). The van der Waals surface area contributed by atoms with Crippen molar-refractivity contribution in [2.24, 2.45) is 5.84 Å². The van der Waals surface area contributed by atoms with E-state index in [1.807, 2.05) is 0 Å². The molecule has 0 bridgehead atoms. The largest absolute Gasteiger partial charge is 0.459 e. The molecular weight excluding hydrogens is 200 g/mol. The number of rotatable bonds is 4. The summed E-state index contributed by atoms with van der Waals surface area (Å²) < 4.78 is 5.04. The Hall–Kier alpha value is -0.940. The van der Waals surface area contributed by atoms with Gasteiger partial charge in [0.1, 0.15) is 0 Å². The molecule has 1 heterocycles. The molecule has 0 spiro atoms. The van der Waals surface area contributed by atoms with Gasteiger partial charge in [0, 0.05) is 11.3 Å². The predicted octanol–water partition coefficient (Wildman–Crippen LogP) is 1.52. The lowest BCUT2D eigenvalue weighted by Gasteiger charge is -2.04. The minimum atomic E-state index is -0.380. The van der Waals surface area contributed by atoms with Gasteiger partial charge in [-0.3, -0.25) is 10.2 Å². The number of hydrogen-bond donors (Lipinski definition) is 2. The first-order valence-corrected chi connectivity index (χ1v) is 5.39. The molecule has 14 heavy (non-hydrogen) atoms. The normalized spacial score (nSPS) is 10.6. The molecule has 78 valence electrons. The highest BCUT2D eigenvalue weighted by molar-refractivity contribution is 7.99. The van der Waals surface area contributed by atoms with Gasteiger partial charge in [0.25, 0.3) is 0 Å². The van der Waals surface area contributed by atoms with E-state index in [4.69, 9.17) is 10.3 Å². The van der Waals surface area contributed by atoms with Crippen LogP contribution in [0.5, 0.6) is 0 Å². The van der Waals surface area contributed by atoms with E-state index in [1.54, 1.807) is 17.8 Å². The van der Waals surface area contributed by atoms with E-state index in [1.165, 1.54) is 6.26 Å². The number of nitrogens with one attached hydrogen (secondary N) is 1. The summed E-state index contributed by atoms with van der Waals surface area (Å²) in [4.78, 5) is 11.2. The summed E-state index contributed by atoms with van der Waals surface area (Å²) in [6.07, 6.45) is 1.50. The van der Waals surface area contributed by atoms with Gasteiger partial charge in [0.05, 0.1) is 6.26 Å². The highest BCUT2D eigenvalue weighted by Crippen LogP contribution is 2.20. The van der Waals surface area contributed by atoms with Crippen molar-refractivity contribution >= 4 is 17.7 Å². The van der Waals surface area contributed by atoms with E-state index in [0.29, 0.717) is 11.0 Å². The second kappa shape index (κ2) is 5.07. The molecule has 0 aliphatic carbocycles. The highest BCUT2D eigenvalue weighted by atomic mass is 32.2. The number of hydrogen-bond acceptors (Lipinski definition) is 4. The van der Waals surface area contributed by atoms with Crippen LogP contribution in [0.2, 0.25) is 0 Å². The van der Waals surface area contributed by atoms with Gasteiger partial charge < -0.3 is 4.42 Å². The molecule has 0 radical (unpaired) electrons. The van der Waals surface area contributed by atoms with E-state index >= 15 is 0 Å². The molecule has 0 fully saturated rings. The third-order valence-corrected chi connectivity index (χ3v) is 2.80. The van der Waals surface area contributed by atoms with Gasteiger partial charge in [-0.25, -0.2) is 5.84 Å². The van der Waals surface area contributed by atoms with E-state index in [-0.39, 0.29) is 5.91 Å². The quantitative estimate of drug-likeness (QED) is 0.453. The monoisotopic (exact) mass is 214 g/mol. The predicted molar refractivity (Wildman–Crippen MR) is 56.8 cm³/mol. The third-order valence-electron chi connectivity index (χ3n) is 1.66. The SMILES string of the molecule is CC(C)SCc1ccoc1C(=O)NN. The molecule has 0 saturated heterocycles. The number of thioether (sulfide) groups is 1. The molecule has 0 aromatic carbocycles. The number of furan rings is 1. The van der Waals surface area contributed by atoms with Crippen molar-refractivity contribution in [1.29, 1.82) is 0 Å². The summed E-state index contributed by atoms with van der Waals surface area (Å²) in [6, 6.07) is 1.79. The summed E-state index contributed by atoms with van der Waals surface area (Å²) in [5.74, 6) is 5.71. The maximum atomic E-state index is 11.2. The van der Waals surface area contributed by atoms with Crippen molar-refractivity contribution in [1.82, 2.24) is 5.43 Å². The fourth-order valence-corrected chi connectivity index (χ4v) is 1.71. The van der Waals surface area contributed by atoms with Crippen molar-refractivity contribution in [3.8, 4) is 0 Å². The second-order valence-corrected chi connectivity index (χ2v) is 4.67. The molecule has 0 atom stereocenters. The van der Waals surface area contributed by atoms with Gasteiger partial charge >= 0.3 is 5.91 Å². The Kier molecular flexibility index (Phi) is 4.03. The molecule has 0 aliphatic rings. The summed E-state index contributed by atoms with van der Waals surface area (Å²) in [6.45, 7) is 4.21. The van der Waals surface area contributed by atoms with Gasteiger partial charge in [-0.05, 0) is 11.3 Å². The van der Waals surface area contributed by atoms with Gasteiger partial charge in [-0.15, -0.1) is 0 Å². The zero-order valence-electron chi connectivity index (χ0n) is 8.24. The first-order valence-electron chi connectivity index (χ1n) is 4.34. The van der Waals surface area contributed by atoms with Crippen LogP contribution in [-0.2, 0) is 5.75 Å². The summed E-state index contributed by atoms with van der Waals surface area (Å²) in [5, 5.41) is 0.527. The Labute approximate surface area is 87.2 Å². The number of nitrogens with two attached hydrogens (primary N) is 1. The second-order valence-electron chi connectivity index (χ2n) is 3.11. The minimum absolute atomic E-state index is 0.306. The van der Waals surface area contributed by atoms with E-state index in [9.17, 15) is 4.79 Å². The van der Waals surface area contributed by atoms with Crippen LogP contribution in [-0.4, -0.2) is 11.2 Å². The van der Waals surface area contributed by atoms with Gasteiger partial charge in [0.15, 0.2) is 5.76 Å². The van der Waals surface area contributed by atoms with Crippen LogP contribution in [0.4, 0.5) is 0 Å². The van der Waals surface area contributed by atoms with Gasteiger partial charge in [-0.2, -0.15) is 11.8 Å². The molecule has 0 saturated carbocycles. The van der Waals surface area contributed by atoms with E-state index in [0.717, 1.165) is 11.3 Å². The van der Waals surface area contributed by atoms with Crippen LogP contribution in [0.1, 0.15) is 30.0 Å². The smallest absolute Gasteiger partial charge is 0.301 e. The fourth-order valence-electron chi connectivity index (χ4n) is 0.971. The lowest BCUT2D eigenvalue weighted by molar-refractivity contribution is 0.0925. The van der Waals surface area contributed by atoms with Crippen molar-refractivity contribution in [3.05, 3.63) is 23.7 Å². The fraction of sp³-hybridized carbons (Fsp3) is 0.444. The van der Waals surface area contributed by atoms with Crippen LogP contribution in [0.15, 0.2) is 16.7 Å². The number of nitrogen functional groups attached to an aromatic ring is 1. The molecule has 1 aromatic heterocycles. The minimum Gasteiger partial charge on any atom is -0.459 e. The lowest BCUT2D eigenvalue weighted by Crippen LogP contribution is -2.30. The van der Waals surface area contributed by atoms with Crippen LogP contribution in [0.3, 0.4) is 0 Å². The number of carbonyl (C=O) groups is 1. The maximum absolute atomic E-state index is 11.2. The first-order chi connectivity index (χ1) is 6.65. The molecule has 4 nitrogen and oxygen atoms in total. The number of carbonyl (C=O) groups excluding carboxylic acids is 1. The highest BCUT2D eigenvalue weighted by Gasteiger charge is 2.14. The van der Waals surface area contributed by atoms with Crippen LogP contribution in [0.25, 0.3) is 0 Å². The summed E-state index contributed by atoms with van der Waals surface area (Å²) in [5.41, 5.74) is 2.93. The Bertz CT molecular complexity index is 310. The van der Waals surface area contributed by atoms with Crippen LogP contribution >= 0.6 is 11.8 Å². The molecular formula is C9H14N2O2S. The average molecular weight is 214 g/mol. The van der Waals surface area contributed by atoms with Crippen molar-refractivity contribution in [2.75, 3.05) is 0 Å².